The van der Waals surface area contributed by atoms with E-state index in [0.717, 1.165) is 0 Å². The fourth-order valence-electron chi connectivity index (χ4n) is 0.288. The lowest BCUT2D eigenvalue weighted by atomic mass is 10.4. The van der Waals surface area contributed by atoms with Crippen molar-refractivity contribution in [1.29, 1.82) is 0 Å². The van der Waals surface area contributed by atoms with Crippen LogP contribution in [0.3, 0.4) is 0 Å². The van der Waals surface area contributed by atoms with E-state index >= 15 is 0 Å². The summed E-state index contributed by atoms with van der Waals surface area (Å²) in [5.41, 5.74) is 0. The highest BCUT2D eigenvalue weighted by atomic mass is 16.5. The number of terminal acetylenes is 1. The minimum Gasteiger partial charge on any atom is -0.391 e. The molecular formula is C6H10O2. The smallest absolute Gasteiger partial charge is 0.107 e. The van der Waals surface area contributed by atoms with E-state index in [1.807, 2.05) is 0 Å². The first-order valence-corrected chi connectivity index (χ1v) is 2.46. The maximum absolute atomic E-state index is 8.59. The van der Waals surface area contributed by atoms with Gasteiger partial charge in [-0.3, -0.25) is 0 Å². The van der Waals surface area contributed by atoms with Gasteiger partial charge < -0.3 is 9.84 Å². The molecular weight excluding hydrogens is 104 g/mol. The molecule has 0 radical (unpaired) electrons. The third kappa shape index (κ3) is 5.48. The number of hydrogen-bond donors (Lipinski definition) is 1. The molecule has 0 aliphatic rings. The minimum atomic E-state index is -0.414. The van der Waals surface area contributed by atoms with Crippen molar-refractivity contribution in [1.82, 2.24) is 0 Å². The van der Waals surface area contributed by atoms with E-state index in [1.54, 1.807) is 6.92 Å². The summed E-state index contributed by atoms with van der Waals surface area (Å²) in [6.45, 7) is 2.26. The second-order valence-corrected chi connectivity index (χ2v) is 1.57. The van der Waals surface area contributed by atoms with E-state index in [1.165, 1.54) is 0 Å². The van der Waals surface area contributed by atoms with E-state index in [4.69, 9.17) is 16.3 Å². The number of rotatable bonds is 3. The second kappa shape index (κ2) is 4.63. The van der Waals surface area contributed by atoms with Gasteiger partial charge in [-0.05, 0) is 6.92 Å². The van der Waals surface area contributed by atoms with Gasteiger partial charge in [0.1, 0.15) is 6.61 Å². The molecule has 0 aromatic carbocycles. The van der Waals surface area contributed by atoms with E-state index in [0.29, 0.717) is 6.61 Å². The highest BCUT2D eigenvalue weighted by molar-refractivity contribution is 4.82. The Bertz CT molecular complexity index is 81.0. The maximum atomic E-state index is 8.59. The van der Waals surface area contributed by atoms with Gasteiger partial charge in [-0.15, -0.1) is 6.42 Å². The predicted molar refractivity (Wildman–Crippen MR) is 31.3 cm³/mol. The molecule has 0 unspecified atom stereocenters. The van der Waals surface area contributed by atoms with E-state index in [9.17, 15) is 0 Å². The minimum absolute atomic E-state index is 0.283. The average Bonchev–Trinajstić information content (AvgIpc) is 1.66. The molecule has 0 amide bonds. The summed E-state index contributed by atoms with van der Waals surface area (Å²) < 4.78 is 4.76. The molecule has 1 N–H and O–H groups in total. The summed E-state index contributed by atoms with van der Waals surface area (Å²) in [6, 6.07) is 0. The number of hydrogen-bond acceptors (Lipinski definition) is 2. The molecule has 2 nitrogen and oxygen atoms in total. The molecule has 0 bridgehead atoms. The standard InChI is InChI=1S/C6H10O2/c1-3-4-8-5-6(2)7/h1,6-7H,4-5H2,2H3/t6-/m0/s1. The van der Waals surface area contributed by atoms with Crippen LogP contribution in [-0.2, 0) is 4.74 Å². The molecule has 2 heteroatoms. The Morgan fingerprint density at radius 3 is 2.88 bits per heavy atom. The van der Waals surface area contributed by atoms with Gasteiger partial charge in [0.25, 0.3) is 0 Å². The van der Waals surface area contributed by atoms with Crippen LogP contribution in [0.15, 0.2) is 0 Å². The Morgan fingerprint density at radius 2 is 2.50 bits per heavy atom. The molecule has 0 aromatic heterocycles. The topological polar surface area (TPSA) is 29.5 Å². The summed E-state index contributed by atoms with van der Waals surface area (Å²) in [5.74, 6) is 2.29. The zero-order valence-corrected chi connectivity index (χ0v) is 4.92. The first kappa shape index (κ1) is 7.48. The average molecular weight is 114 g/mol. The molecule has 0 saturated heterocycles. The summed E-state index contributed by atoms with van der Waals surface area (Å²) in [4.78, 5) is 0. The third-order valence-corrected chi connectivity index (χ3v) is 0.544. The summed E-state index contributed by atoms with van der Waals surface area (Å²) in [6.07, 6.45) is 4.44. The second-order valence-electron chi connectivity index (χ2n) is 1.57. The van der Waals surface area contributed by atoms with Crippen LogP contribution < -0.4 is 0 Å². The molecule has 0 spiro atoms. The fourth-order valence-corrected chi connectivity index (χ4v) is 0.288. The van der Waals surface area contributed by atoms with Gasteiger partial charge in [-0.25, -0.2) is 0 Å². The van der Waals surface area contributed by atoms with Gasteiger partial charge in [0.15, 0.2) is 0 Å². The summed E-state index contributed by atoms with van der Waals surface area (Å²) in [5, 5.41) is 8.59. The normalized spacial score (nSPS) is 12.6. The molecule has 0 saturated carbocycles. The van der Waals surface area contributed by atoms with Crippen molar-refractivity contribution >= 4 is 0 Å². The lowest BCUT2D eigenvalue weighted by Gasteiger charge is -2.00. The van der Waals surface area contributed by atoms with Gasteiger partial charge in [-0.2, -0.15) is 0 Å². The monoisotopic (exact) mass is 114 g/mol. The van der Waals surface area contributed by atoms with Crippen molar-refractivity contribution in [2.24, 2.45) is 0 Å². The van der Waals surface area contributed by atoms with Crippen LogP contribution in [0.5, 0.6) is 0 Å². The first-order chi connectivity index (χ1) is 3.77. The summed E-state index contributed by atoms with van der Waals surface area (Å²) >= 11 is 0. The SMILES string of the molecule is C#CCOC[C@H](C)O. The maximum Gasteiger partial charge on any atom is 0.107 e. The Hall–Kier alpha value is -0.520. The van der Waals surface area contributed by atoms with Gasteiger partial charge in [0.2, 0.25) is 0 Å². The molecule has 0 aromatic rings. The lowest BCUT2D eigenvalue weighted by Crippen LogP contribution is -2.09. The Kier molecular flexibility index (Phi) is 4.33. The Morgan fingerprint density at radius 1 is 1.88 bits per heavy atom. The van der Waals surface area contributed by atoms with Crippen molar-refractivity contribution in [3.8, 4) is 12.3 Å². The summed E-state index contributed by atoms with van der Waals surface area (Å²) in [7, 11) is 0. The van der Waals surface area contributed by atoms with E-state index in [2.05, 4.69) is 5.92 Å². The van der Waals surface area contributed by atoms with Gasteiger partial charge in [0.05, 0.1) is 12.7 Å². The quantitative estimate of drug-likeness (QED) is 0.414. The van der Waals surface area contributed by atoms with E-state index < -0.39 is 6.10 Å². The van der Waals surface area contributed by atoms with Crippen LogP contribution >= 0.6 is 0 Å². The van der Waals surface area contributed by atoms with Gasteiger partial charge >= 0.3 is 0 Å². The van der Waals surface area contributed by atoms with Crippen LogP contribution in [0.1, 0.15) is 6.92 Å². The molecule has 0 rings (SSSR count). The Labute approximate surface area is 49.5 Å². The highest BCUT2D eigenvalue weighted by Crippen LogP contribution is 1.79. The molecule has 1 atom stereocenters. The van der Waals surface area contributed by atoms with Gasteiger partial charge in [0, 0.05) is 0 Å². The van der Waals surface area contributed by atoms with Crippen molar-refractivity contribution in [2.75, 3.05) is 13.2 Å². The fraction of sp³-hybridized carbons (Fsp3) is 0.667. The largest absolute Gasteiger partial charge is 0.391 e. The molecule has 0 aliphatic carbocycles. The van der Waals surface area contributed by atoms with Crippen molar-refractivity contribution in [3.05, 3.63) is 0 Å². The third-order valence-electron chi connectivity index (χ3n) is 0.544. The Balaban J connectivity index is 2.85. The van der Waals surface area contributed by atoms with Crippen LogP contribution in [0.4, 0.5) is 0 Å². The van der Waals surface area contributed by atoms with Crippen molar-refractivity contribution < 1.29 is 9.84 Å². The number of aliphatic hydroxyl groups is 1. The zero-order chi connectivity index (χ0) is 6.41. The van der Waals surface area contributed by atoms with E-state index in [-0.39, 0.29) is 6.61 Å². The van der Waals surface area contributed by atoms with Crippen molar-refractivity contribution in [3.63, 3.8) is 0 Å². The van der Waals surface area contributed by atoms with Crippen LogP contribution in [0.2, 0.25) is 0 Å². The number of ether oxygens (including phenoxy) is 1. The molecule has 0 fully saturated rings. The van der Waals surface area contributed by atoms with Crippen molar-refractivity contribution in [2.45, 2.75) is 13.0 Å². The van der Waals surface area contributed by atoms with Crippen LogP contribution in [0.25, 0.3) is 0 Å². The van der Waals surface area contributed by atoms with Crippen LogP contribution in [-0.4, -0.2) is 24.4 Å². The highest BCUT2D eigenvalue weighted by Gasteiger charge is 1.90. The van der Waals surface area contributed by atoms with Gasteiger partial charge in [-0.1, -0.05) is 5.92 Å². The molecule has 46 valence electrons. The molecule has 8 heavy (non-hydrogen) atoms. The first-order valence-electron chi connectivity index (χ1n) is 2.46. The zero-order valence-electron chi connectivity index (χ0n) is 4.92. The molecule has 0 aliphatic heterocycles. The molecule has 0 heterocycles. The van der Waals surface area contributed by atoms with Crippen LogP contribution in [0, 0.1) is 12.3 Å². The predicted octanol–water partition coefficient (Wildman–Crippen LogP) is 0.0170. The number of aliphatic hydroxyl groups excluding tert-OH is 1. The lowest BCUT2D eigenvalue weighted by molar-refractivity contribution is 0.0621.